The molecule has 3 heterocycles. The van der Waals surface area contributed by atoms with Gasteiger partial charge in [-0.2, -0.15) is 0 Å². The van der Waals surface area contributed by atoms with Gasteiger partial charge >= 0.3 is 0 Å². The number of ether oxygens (including phenoxy) is 2. The Kier molecular flexibility index (Phi) is 5.03. The average Bonchev–Trinajstić information content (AvgIpc) is 3.19. The number of fused-ring (bicyclic) bond motifs is 1. The van der Waals surface area contributed by atoms with Crippen LogP contribution in [0.4, 0.5) is 0 Å². The number of rotatable bonds is 7. The van der Waals surface area contributed by atoms with Crippen LogP contribution in [0.25, 0.3) is 5.65 Å². The number of nitrogens with zero attached hydrogens (tertiary/aromatic N) is 2. The minimum atomic E-state index is -0.150. The van der Waals surface area contributed by atoms with Crippen molar-refractivity contribution in [3.05, 3.63) is 36.3 Å². The van der Waals surface area contributed by atoms with Crippen LogP contribution >= 0.6 is 0 Å². The molecular weight excluding hydrogens is 282 g/mol. The standard InChI is InChI=1S/C16H21N3O3/c20-16(14-11-19-8-2-1-6-15(19)18-14)17-7-4-9-21-12-13-5-3-10-22-13/h1-2,6,8,11,13H,3-5,7,9-10,12H2,(H,17,20)/t13-/m1/s1. The molecule has 2 aromatic rings. The Bertz CT molecular complexity index is 587. The van der Waals surface area contributed by atoms with E-state index in [1.807, 2.05) is 28.8 Å². The van der Waals surface area contributed by atoms with E-state index in [-0.39, 0.29) is 12.0 Å². The van der Waals surface area contributed by atoms with E-state index in [2.05, 4.69) is 10.3 Å². The maximum Gasteiger partial charge on any atom is 0.271 e. The highest BCUT2D eigenvalue weighted by Crippen LogP contribution is 2.11. The number of carbonyl (C=O) groups is 1. The Balaban J connectivity index is 1.35. The maximum atomic E-state index is 12.0. The minimum absolute atomic E-state index is 0.150. The fourth-order valence-corrected chi connectivity index (χ4v) is 2.50. The van der Waals surface area contributed by atoms with Crippen LogP contribution < -0.4 is 5.32 Å². The van der Waals surface area contributed by atoms with E-state index >= 15 is 0 Å². The Morgan fingerprint density at radius 1 is 1.50 bits per heavy atom. The van der Waals surface area contributed by atoms with Crippen molar-refractivity contribution in [2.24, 2.45) is 0 Å². The molecule has 0 saturated carbocycles. The summed E-state index contributed by atoms with van der Waals surface area (Å²) in [5.74, 6) is -0.150. The van der Waals surface area contributed by atoms with Crippen LogP contribution in [0.2, 0.25) is 0 Å². The second-order valence-corrected chi connectivity index (χ2v) is 5.41. The van der Waals surface area contributed by atoms with E-state index in [4.69, 9.17) is 9.47 Å². The molecule has 2 aromatic heterocycles. The van der Waals surface area contributed by atoms with Crippen molar-refractivity contribution in [1.29, 1.82) is 0 Å². The van der Waals surface area contributed by atoms with Crippen molar-refractivity contribution < 1.29 is 14.3 Å². The summed E-state index contributed by atoms with van der Waals surface area (Å²) in [5, 5.41) is 2.86. The molecule has 1 N–H and O–H groups in total. The third-order valence-electron chi connectivity index (χ3n) is 3.68. The lowest BCUT2D eigenvalue weighted by molar-refractivity contribution is 0.0166. The number of nitrogens with one attached hydrogen (secondary N) is 1. The first-order valence-electron chi connectivity index (χ1n) is 7.74. The fourth-order valence-electron chi connectivity index (χ4n) is 2.50. The monoisotopic (exact) mass is 303 g/mol. The van der Waals surface area contributed by atoms with E-state index in [0.717, 1.165) is 31.5 Å². The van der Waals surface area contributed by atoms with E-state index in [1.165, 1.54) is 0 Å². The lowest BCUT2D eigenvalue weighted by Gasteiger charge is -2.10. The molecule has 1 fully saturated rings. The third kappa shape index (κ3) is 3.84. The molecule has 6 nitrogen and oxygen atoms in total. The van der Waals surface area contributed by atoms with Gasteiger partial charge in [-0.1, -0.05) is 6.07 Å². The first kappa shape index (κ1) is 15.0. The normalized spacial score (nSPS) is 17.9. The number of hydrogen-bond donors (Lipinski definition) is 1. The quantitative estimate of drug-likeness (QED) is 0.790. The zero-order valence-electron chi connectivity index (χ0n) is 12.5. The van der Waals surface area contributed by atoms with Gasteiger partial charge in [0.1, 0.15) is 11.3 Å². The number of aromatic nitrogens is 2. The van der Waals surface area contributed by atoms with Gasteiger partial charge in [-0.05, 0) is 31.4 Å². The van der Waals surface area contributed by atoms with Crippen LogP contribution in [-0.2, 0) is 9.47 Å². The van der Waals surface area contributed by atoms with Gasteiger partial charge in [-0.3, -0.25) is 4.79 Å². The minimum Gasteiger partial charge on any atom is -0.379 e. The largest absolute Gasteiger partial charge is 0.379 e. The number of hydrogen-bond acceptors (Lipinski definition) is 4. The van der Waals surface area contributed by atoms with E-state index < -0.39 is 0 Å². The van der Waals surface area contributed by atoms with Gasteiger partial charge in [0, 0.05) is 32.2 Å². The molecule has 1 aliphatic rings. The Hall–Kier alpha value is -1.92. The van der Waals surface area contributed by atoms with Crippen molar-refractivity contribution in [1.82, 2.24) is 14.7 Å². The summed E-state index contributed by atoms with van der Waals surface area (Å²) in [6.07, 6.45) is 6.86. The zero-order chi connectivity index (χ0) is 15.2. The first-order chi connectivity index (χ1) is 10.8. The lowest BCUT2D eigenvalue weighted by atomic mass is 10.2. The van der Waals surface area contributed by atoms with Gasteiger partial charge in [-0.15, -0.1) is 0 Å². The highest BCUT2D eigenvalue weighted by Gasteiger charge is 2.15. The molecule has 0 spiro atoms. The lowest BCUT2D eigenvalue weighted by Crippen LogP contribution is -2.26. The number of amides is 1. The number of imidazole rings is 1. The molecule has 22 heavy (non-hydrogen) atoms. The summed E-state index contributed by atoms with van der Waals surface area (Å²) in [6.45, 7) is 2.72. The van der Waals surface area contributed by atoms with Crippen LogP contribution in [-0.4, -0.2) is 47.8 Å². The molecule has 3 rings (SSSR count). The Morgan fingerprint density at radius 2 is 2.45 bits per heavy atom. The molecule has 6 heteroatoms. The highest BCUT2D eigenvalue weighted by atomic mass is 16.5. The van der Waals surface area contributed by atoms with E-state index in [9.17, 15) is 4.79 Å². The van der Waals surface area contributed by atoms with Crippen LogP contribution in [0.15, 0.2) is 30.6 Å². The Morgan fingerprint density at radius 3 is 3.27 bits per heavy atom. The molecule has 0 aliphatic carbocycles. The van der Waals surface area contributed by atoms with Crippen LogP contribution in [0.5, 0.6) is 0 Å². The summed E-state index contributed by atoms with van der Waals surface area (Å²) in [5.41, 5.74) is 1.21. The number of pyridine rings is 1. The molecule has 1 atom stereocenters. The first-order valence-corrected chi connectivity index (χ1v) is 7.74. The maximum absolute atomic E-state index is 12.0. The molecule has 1 aliphatic heterocycles. The molecule has 0 bridgehead atoms. The van der Waals surface area contributed by atoms with Gasteiger partial charge < -0.3 is 19.2 Å². The summed E-state index contributed by atoms with van der Waals surface area (Å²) in [6, 6.07) is 5.67. The van der Waals surface area contributed by atoms with E-state index in [0.29, 0.717) is 25.5 Å². The molecule has 118 valence electrons. The second kappa shape index (κ2) is 7.38. The van der Waals surface area contributed by atoms with Crippen molar-refractivity contribution in [2.45, 2.75) is 25.4 Å². The van der Waals surface area contributed by atoms with Crippen LogP contribution in [0.1, 0.15) is 29.8 Å². The molecule has 0 aromatic carbocycles. The highest BCUT2D eigenvalue weighted by molar-refractivity contribution is 5.92. The summed E-state index contributed by atoms with van der Waals surface area (Å²) in [7, 11) is 0. The predicted octanol–water partition coefficient (Wildman–Crippen LogP) is 1.65. The van der Waals surface area contributed by atoms with Crippen molar-refractivity contribution in [2.75, 3.05) is 26.4 Å². The van der Waals surface area contributed by atoms with Crippen molar-refractivity contribution in [3.8, 4) is 0 Å². The van der Waals surface area contributed by atoms with Gasteiger partial charge in [0.25, 0.3) is 5.91 Å². The van der Waals surface area contributed by atoms with Crippen LogP contribution in [0, 0.1) is 0 Å². The van der Waals surface area contributed by atoms with Gasteiger partial charge in [0.2, 0.25) is 0 Å². The zero-order valence-corrected chi connectivity index (χ0v) is 12.5. The predicted molar refractivity (Wildman–Crippen MR) is 81.9 cm³/mol. The fraction of sp³-hybridized carbons (Fsp3) is 0.500. The van der Waals surface area contributed by atoms with Gasteiger partial charge in [0.15, 0.2) is 0 Å². The van der Waals surface area contributed by atoms with Crippen LogP contribution in [0.3, 0.4) is 0 Å². The van der Waals surface area contributed by atoms with Gasteiger partial charge in [-0.25, -0.2) is 4.98 Å². The smallest absolute Gasteiger partial charge is 0.271 e. The van der Waals surface area contributed by atoms with Gasteiger partial charge in [0.05, 0.1) is 12.7 Å². The summed E-state index contributed by atoms with van der Waals surface area (Å²) < 4.78 is 12.9. The second-order valence-electron chi connectivity index (χ2n) is 5.41. The number of carbonyl (C=O) groups excluding carboxylic acids is 1. The average molecular weight is 303 g/mol. The molecular formula is C16H21N3O3. The topological polar surface area (TPSA) is 64.9 Å². The SMILES string of the molecule is O=C(NCCCOC[C@H]1CCCO1)c1cn2ccccc2n1. The molecule has 1 saturated heterocycles. The van der Waals surface area contributed by atoms with Crippen molar-refractivity contribution in [3.63, 3.8) is 0 Å². The third-order valence-corrected chi connectivity index (χ3v) is 3.68. The molecule has 0 unspecified atom stereocenters. The van der Waals surface area contributed by atoms with Crippen molar-refractivity contribution >= 4 is 11.6 Å². The summed E-state index contributed by atoms with van der Waals surface area (Å²) in [4.78, 5) is 16.3. The molecule has 0 radical (unpaired) electrons. The Labute approximate surface area is 129 Å². The molecule has 1 amide bonds. The van der Waals surface area contributed by atoms with E-state index in [1.54, 1.807) is 6.20 Å². The summed E-state index contributed by atoms with van der Waals surface area (Å²) >= 11 is 0.